The zero-order valence-electron chi connectivity index (χ0n) is 11.7. The van der Waals surface area contributed by atoms with Crippen molar-refractivity contribution in [2.24, 2.45) is 0 Å². The number of benzene rings is 1. The molecule has 1 aromatic rings. The molecule has 2 N–H and O–H groups in total. The van der Waals surface area contributed by atoms with Crippen molar-refractivity contribution in [3.63, 3.8) is 0 Å². The molecule has 0 fully saturated rings. The van der Waals surface area contributed by atoms with Crippen molar-refractivity contribution >= 4 is 35.2 Å². The van der Waals surface area contributed by atoms with Gasteiger partial charge in [0.05, 0.1) is 0 Å². The van der Waals surface area contributed by atoms with Gasteiger partial charge < -0.3 is 15.2 Å². The second-order valence-corrected chi connectivity index (χ2v) is 5.90. The van der Waals surface area contributed by atoms with E-state index in [0.29, 0.717) is 10.8 Å². The maximum atomic E-state index is 11.7. The molecule has 1 amide bonds. The number of hydrogen-bond donors (Lipinski definition) is 2. The molecule has 0 aromatic heterocycles. The van der Waals surface area contributed by atoms with Crippen LogP contribution in [0.3, 0.4) is 0 Å². The first-order valence-corrected chi connectivity index (χ1v) is 7.78. The largest absolute Gasteiger partial charge is 0.480 e. The number of ether oxygens (including phenoxy) is 1. The smallest absolute Gasteiger partial charge is 0.326 e. The fourth-order valence-corrected chi connectivity index (χ4v) is 2.53. The summed E-state index contributed by atoms with van der Waals surface area (Å²) < 4.78 is 4.82. The van der Waals surface area contributed by atoms with Crippen molar-refractivity contribution in [2.45, 2.75) is 23.8 Å². The summed E-state index contributed by atoms with van der Waals surface area (Å²) in [7, 11) is 1.49. The van der Waals surface area contributed by atoms with Crippen LogP contribution in [0.2, 0.25) is 5.02 Å². The summed E-state index contributed by atoms with van der Waals surface area (Å²) in [6.07, 6.45) is 0.506. The fraction of sp³-hybridized carbons (Fsp3) is 0.429. The van der Waals surface area contributed by atoms with Crippen LogP contribution in [-0.4, -0.2) is 42.5 Å². The molecule has 7 heteroatoms. The third kappa shape index (κ3) is 7.36. The molecule has 1 aromatic carbocycles. The molecule has 1 rings (SSSR count). The minimum Gasteiger partial charge on any atom is -0.480 e. The minimum atomic E-state index is -1.05. The first-order valence-electron chi connectivity index (χ1n) is 6.42. The Morgan fingerprint density at radius 2 is 2.05 bits per heavy atom. The summed E-state index contributed by atoms with van der Waals surface area (Å²) in [5.74, 6) is -0.755. The fourth-order valence-electron chi connectivity index (χ4n) is 1.55. The van der Waals surface area contributed by atoms with Gasteiger partial charge in [0.15, 0.2) is 0 Å². The number of thioether (sulfide) groups is 1. The molecule has 1 atom stereocenters. The Morgan fingerprint density at radius 3 is 2.62 bits per heavy atom. The Labute approximate surface area is 133 Å². The monoisotopic (exact) mass is 331 g/mol. The van der Waals surface area contributed by atoms with Crippen molar-refractivity contribution < 1.29 is 19.4 Å². The first kappa shape index (κ1) is 17.8. The number of rotatable bonds is 9. The van der Waals surface area contributed by atoms with E-state index in [0.717, 1.165) is 4.90 Å². The number of carboxylic acid groups (broad SMARTS) is 1. The van der Waals surface area contributed by atoms with Gasteiger partial charge in [-0.1, -0.05) is 11.6 Å². The molecular weight excluding hydrogens is 314 g/mol. The zero-order valence-corrected chi connectivity index (χ0v) is 13.2. The van der Waals surface area contributed by atoms with Gasteiger partial charge in [-0.3, -0.25) is 4.79 Å². The number of halogens is 1. The SMILES string of the molecule is COCCC(NC(=O)CCSc1ccc(Cl)cc1)C(=O)O. The number of carbonyl (C=O) groups is 2. The van der Waals surface area contributed by atoms with Crippen molar-refractivity contribution in [1.82, 2.24) is 5.32 Å². The van der Waals surface area contributed by atoms with Crippen LogP contribution >= 0.6 is 23.4 Å². The molecule has 5 nitrogen and oxygen atoms in total. The van der Waals surface area contributed by atoms with Crippen LogP contribution < -0.4 is 5.32 Å². The molecule has 0 saturated heterocycles. The lowest BCUT2D eigenvalue weighted by atomic mass is 10.2. The van der Waals surface area contributed by atoms with Crippen LogP contribution in [0, 0.1) is 0 Å². The lowest BCUT2D eigenvalue weighted by molar-refractivity contribution is -0.142. The Kier molecular flexibility index (Phi) is 8.19. The van der Waals surface area contributed by atoms with Gasteiger partial charge in [0, 0.05) is 42.2 Å². The minimum absolute atomic E-state index is 0.252. The zero-order chi connectivity index (χ0) is 15.7. The number of aliphatic carboxylic acids is 1. The van der Waals surface area contributed by atoms with Gasteiger partial charge in [0.2, 0.25) is 5.91 Å². The average Bonchev–Trinajstić information content (AvgIpc) is 2.45. The number of methoxy groups -OCH3 is 1. The number of nitrogens with one attached hydrogen (secondary N) is 1. The molecule has 0 aliphatic heterocycles. The highest BCUT2D eigenvalue weighted by Crippen LogP contribution is 2.20. The Morgan fingerprint density at radius 1 is 1.38 bits per heavy atom. The van der Waals surface area contributed by atoms with E-state index in [-0.39, 0.29) is 25.4 Å². The summed E-state index contributed by atoms with van der Waals surface area (Å²) in [5, 5.41) is 12.2. The summed E-state index contributed by atoms with van der Waals surface area (Å²) in [4.78, 5) is 23.7. The van der Waals surface area contributed by atoms with E-state index in [1.54, 1.807) is 12.1 Å². The van der Waals surface area contributed by atoms with Gasteiger partial charge in [-0.15, -0.1) is 11.8 Å². The second-order valence-electron chi connectivity index (χ2n) is 4.29. The van der Waals surface area contributed by atoms with Gasteiger partial charge in [-0.2, -0.15) is 0 Å². The van der Waals surface area contributed by atoms with Crippen LogP contribution in [0.1, 0.15) is 12.8 Å². The number of carbonyl (C=O) groups excluding carboxylic acids is 1. The highest BCUT2D eigenvalue weighted by molar-refractivity contribution is 7.99. The maximum Gasteiger partial charge on any atom is 0.326 e. The van der Waals surface area contributed by atoms with Crippen molar-refractivity contribution in [3.8, 4) is 0 Å². The molecule has 21 heavy (non-hydrogen) atoms. The molecule has 0 aliphatic carbocycles. The van der Waals surface area contributed by atoms with Gasteiger partial charge in [0.25, 0.3) is 0 Å². The van der Waals surface area contributed by atoms with Crippen LogP contribution in [0.15, 0.2) is 29.2 Å². The highest BCUT2D eigenvalue weighted by Gasteiger charge is 2.19. The van der Waals surface area contributed by atoms with Crippen molar-refractivity contribution in [1.29, 1.82) is 0 Å². The molecule has 0 saturated carbocycles. The lowest BCUT2D eigenvalue weighted by Gasteiger charge is -2.13. The van der Waals surface area contributed by atoms with E-state index >= 15 is 0 Å². The highest BCUT2D eigenvalue weighted by atomic mass is 35.5. The molecule has 116 valence electrons. The summed E-state index contributed by atoms with van der Waals surface area (Å²) >= 11 is 7.30. The van der Waals surface area contributed by atoms with Crippen LogP contribution in [0.25, 0.3) is 0 Å². The standard InChI is InChI=1S/C14H18ClNO4S/c1-20-8-6-12(14(18)19)16-13(17)7-9-21-11-4-2-10(15)3-5-11/h2-5,12H,6-9H2,1H3,(H,16,17)(H,18,19). The molecule has 0 aliphatic rings. The lowest BCUT2D eigenvalue weighted by Crippen LogP contribution is -2.41. The van der Waals surface area contributed by atoms with Crippen molar-refractivity contribution in [2.75, 3.05) is 19.5 Å². The number of carboxylic acids is 1. The van der Waals surface area contributed by atoms with E-state index in [1.807, 2.05) is 12.1 Å². The molecule has 0 radical (unpaired) electrons. The number of amides is 1. The third-order valence-electron chi connectivity index (χ3n) is 2.66. The molecule has 0 bridgehead atoms. The van der Waals surface area contributed by atoms with Crippen LogP contribution in [0.4, 0.5) is 0 Å². The number of hydrogen-bond acceptors (Lipinski definition) is 4. The van der Waals surface area contributed by atoms with Crippen molar-refractivity contribution in [3.05, 3.63) is 29.3 Å². The Bertz CT molecular complexity index is 467. The van der Waals surface area contributed by atoms with Gasteiger partial charge >= 0.3 is 5.97 Å². The molecule has 0 heterocycles. The van der Waals surface area contributed by atoms with Gasteiger partial charge in [-0.25, -0.2) is 4.79 Å². The van der Waals surface area contributed by atoms with Gasteiger partial charge in [-0.05, 0) is 24.3 Å². The third-order valence-corrected chi connectivity index (χ3v) is 3.92. The summed E-state index contributed by atoms with van der Waals surface area (Å²) in [6, 6.07) is 6.43. The Hall–Kier alpha value is -1.24. The molecule has 0 spiro atoms. The molecular formula is C14H18ClNO4S. The van der Waals surface area contributed by atoms with Gasteiger partial charge in [0.1, 0.15) is 6.04 Å². The Balaban J connectivity index is 2.32. The topological polar surface area (TPSA) is 75.6 Å². The maximum absolute atomic E-state index is 11.7. The van der Waals surface area contributed by atoms with E-state index in [4.69, 9.17) is 21.4 Å². The summed E-state index contributed by atoms with van der Waals surface area (Å²) in [6.45, 7) is 0.288. The van der Waals surface area contributed by atoms with Crippen LogP contribution in [0.5, 0.6) is 0 Å². The normalized spacial score (nSPS) is 11.9. The van der Waals surface area contributed by atoms with E-state index < -0.39 is 12.0 Å². The summed E-state index contributed by atoms with van der Waals surface area (Å²) in [5.41, 5.74) is 0. The second kappa shape index (κ2) is 9.65. The predicted molar refractivity (Wildman–Crippen MR) is 82.9 cm³/mol. The van der Waals surface area contributed by atoms with E-state index in [9.17, 15) is 9.59 Å². The predicted octanol–water partition coefficient (Wildman–Crippen LogP) is 2.43. The van der Waals surface area contributed by atoms with E-state index in [2.05, 4.69) is 5.32 Å². The quantitative estimate of drug-likeness (QED) is 0.680. The van der Waals surface area contributed by atoms with E-state index in [1.165, 1.54) is 18.9 Å². The van der Waals surface area contributed by atoms with Crippen LogP contribution in [-0.2, 0) is 14.3 Å². The first-order chi connectivity index (χ1) is 10.0. The average molecular weight is 332 g/mol. The molecule has 1 unspecified atom stereocenters.